The maximum atomic E-state index is 12.0. The lowest BCUT2D eigenvalue weighted by Crippen LogP contribution is -2.39. The minimum absolute atomic E-state index is 0.117. The summed E-state index contributed by atoms with van der Waals surface area (Å²) in [6.07, 6.45) is 2.02. The third-order valence-corrected chi connectivity index (χ3v) is 3.69. The largest absolute Gasteiger partial charge is 0.359 e. The molecule has 1 atom stereocenters. The molecule has 19 heavy (non-hydrogen) atoms. The molecule has 0 saturated heterocycles. The smallest absolute Gasteiger partial charge is 0.323 e. The number of hydrogen-bond acceptors (Lipinski definition) is 4. The maximum absolute atomic E-state index is 12.0. The van der Waals surface area contributed by atoms with E-state index in [2.05, 4.69) is 10.5 Å². The molecular formula is C13H23N3O2S. The van der Waals surface area contributed by atoms with Crippen molar-refractivity contribution in [2.24, 2.45) is 0 Å². The molecule has 6 heteroatoms. The Hall–Kier alpha value is -1.17. The lowest BCUT2D eigenvalue weighted by Gasteiger charge is -2.23. The first-order chi connectivity index (χ1) is 8.75. The zero-order valence-corrected chi connectivity index (χ0v) is 13.3. The van der Waals surface area contributed by atoms with E-state index in [1.165, 1.54) is 0 Å². The monoisotopic (exact) mass is 285 g/mol. The van der Waals surface area contributed by atoms with E-state index in [0.717, 1.165) is 11.5 Å². The van der Waals surface area contributed by atoms with Crippen LogP contribution in [0.4, 0.5) is 10.6 Å². The minimum Gasteiger partial charge on any atom is -0.359 e. The molecule has 1 aromatic heterocycles. The Labute approximate surface area is 119 Å². The summed E-state index contributed by atoms with van der Waals surface area (Å²) in [6, 6.07) is 1.77. The molecule has 0 aliphatic carbocycles. The molecule has 0 radical (unpaired) electrons. The van der Waals surface area contributed by atoms with Gasteiger partial charge < -0.3 is 9.42 Å². The predicted octanol–water partition coefficient (Wildman–Crippen LogP) is 3.19. The third-order valence-electron chi connectivity index (χ3n) is 2.87. The standard InChI is InChI=1S/C13H23N3O2S/c1-9(8-19-6)16(5)12(17)14-11-7-10(18-15-11)13(2,3)4/h7,9H,8H2,1-6H3,(H,14,15,17)/t9-/m0/s1. The molecule has 1 aromatic rings. The first-order valence-corrected chi connectivity index (χ1v) is 7.65. The Bertz CT molecular complexity index is 426. The van der Waals surface area contributed by atoms with Crippen LogP contribution in [0.15, 0.2) is 10.6 Å². The van der Waals surface area contributed by atoms with Crippen LogP contribution >= 0.6 is 11.8 Å². The van der Waals surface area contributed by atoms with Gasteiger partial charge in [-0.3, -0.25) is 5.32 Å². The number of carbonyl (C=O) groups excluding carboxylic acids is 1. The summed E-state index contributed by atoms with van der Waals surface area (Å²) in [5, 5.41) is 6.62. The molecule has 1 N–H and O–H groups in total. The fourth-order valence-electron chi connectivity index (χ4n) is 1.44. The van der Waals surface area contributed by atoms with Crippen molar-refractivity contribution >= 4 is 23.6 Å². The molecule has 5 nitrogen and oxygen atoms in total. The molecule has 0 spiro atoms. The highest BCUT2D eigenvalue weighted by atomic mass is 32.2. The number of hydrogen-bond donors (Lipinski definition) is 1. The van der Waals surface area contributed by atoms with Crippen LogP contribution in [0, 0.1) is 0 Å². The lowest BCUT2D eigenvalue weighted by atomic mass is 9.93. The Balaban J connectivity index is 2.64. The Kier molecular flexibility index (Phi) is 5.29. The van der Waals surface area contributed by atoms with Gasteiger partial charge in [-0.2, -0.15) is 11.8 Å². The van der Waals surface area contributed by atoms with Crippen molar-refractivity contribution in [3.05, 3.63) is 11.8 Å². The fraction of sp³-hybridized carbons (Fsp3) is 0.692. The van der Waals surface area contributed by atoms with Crippen LogP contribution in [-0.2, 0) is 5.41 Å². The average Bonchev–Trinajstić information content (AvgIpc) is 2.76. The normalized spacial score (nSPS) is 13.2. The molecule has 108 valence electrons. The maximum Gasteiger partial charge on any atom is 0.323 e. The average molecular weight is 285 g/mol. The molecule has 0 saturated carbocycles. The summed E-state index contributed by atoms with van der Waals surface area (Å²) in [4.78, 5) is 13.7. The molecular weight excluding hydrogens is 262 g/mol. The van der Waals surface area contributed by atoms with Crippen molar-refractivity contribution in [3.63, 3.8) is 0 Å². The number of rotatable bonds is 4. The van der Waals surface area contributed by atoms with Gasteiger partial charge in [0.1, 0.15) is 5.76 Å². The number of thioether (sulfide) groups is 1. The van der Waals surface area contributed by atoms with Crippen LogP contribution < -0.4 is 5.32 Å². The van der Waals surface area contributed by atoms with E-state index in [1.807, 2.05) is 34.0 Å². The highest BCUT2D eigenvalue weighted by Gasteiger charge is 2.21. The second-order valence-corrected chi connectivity index (χ2v) is 6.58. The van der Waals surface area contributed by atoms with E-state index in [1.54, 1.807) is 29.8 Å². The molecule has 0 aliphatic rings. The van der Waals surface area contributed by atoms with E-state index in [-0.39, 0.29) is 17.5 Å². The van der Waals surface area contributed by atoms with Crippen LogP contribution in [0.25, 0.3) is 0 Å². The summed E-state index contributed by atoms with van der Waals surface area (Å²) in [7, 11) is 1.78. The van der Waals surface area contributed by atoms with Gasteiger partial charge in [0.05, 0.1) is 0 Å². The number of anilines is 1. The fourth-order valence-corrected chi connectivity index (χ4v) is 2.14. The zero-order valence-electron chi connectivity index (χ0n) is 12.5. The Morgan fingerprint density at radius 2 is 2.21 bits per heavy atom. The predicted molar refractivity (Wildman–Crippen MR) is 79.8 cm³/mol. The summed E-state index contributed by atoms with van der Waals surface area (Å²) < 4.78 is 5.23. The van der Waals surface area contributed by atoms with Gasteiger partial charge in [0, 0.05) is 30.3 Å². The molecule has 1 rings (SSSR count). The molecule has 0 unspecified atom stereocenters. The molecule has 2 amide bonds. The molecule has 0 aromatic carbocycles. The van der Waals surface area contributed by atoms with Crippen LogP contribution in [0.2, 0.25) is 0 Å². The number of nitrogens with zero attached hydrogens (tertiary/aromatic N) is 2. The van der Waals surface area contributed by atoms with E-state index in [4.69, 9.17) is 4.52 Å². The lowest BCUT2D eigenvalue weighted by molar-refractivity contribution is 0.212. The van der Waals surface area contributed by atoms with Crippen molar-refractivity contribution in [2.75, 3.05) is 24.4 Å². The molecule has 0 bridgehead atoms. The zero-order chi connectivity index (χ0) is 14.6. The summed E-state index contributed by atoms with van der Waals surface area (Å²) >= 11 is 1.71. The van der Waals surface area contributed by atoms with Crippen molar-refractivity contribution < 1.29 is 9.32 Å². The topological polar surface area (TPSA) is 58.4 Å². The molecule has 1 heterocycles. The number of amides is 2. The van der Waals surface area contributed by atoms with Gasteiger partial charge in [0.2, 0.25) is 0 Å². The first-order valence-electron chi connectivity index (χ1n) is 6.25. The number of nitrogens with one attached hydrogen (secondary N) is 1. The Morgan fingerprint density at radius 1 is 1.58 bits per heavy atom. The highest BCUT2D eigenvalue weighted by Crippen LogP contribution is 2.24. The van der Waals surface area contributed by atoms with Crippen molar-refractivity contribution in [1.82, 2.24) is 10.1 Å². The quantitative estimate of drug-likeness (QED) is 0.923. The summed E-state index contributed by atoms with van der Waals surface area (Å²) in [6.45, 7) is 8.11. The first kappa shape index (κ1) is 15.9. The van der Waals surface area contributed by atoms with Gasteiger partial charge in [-0.05, 0) is 13.2 Å². The van der Waals surface area contributed by atoms with Crippen molar-refractivity contribution in [1.29, 1.82) is 0 Å². The van der Waals surface area contributed by atoms with E-state index in [9.17, 15) is 4.79 Å². The van der Waals surface area contributed by atoms with Gasteiger partial charge >= 0.3 is 6.03 Å². The van der Waals surface area contributed by atoms with Crippen molar-refractivity contribution in [2.45, 2.75) is 39.2 Å². The van der Waals surface area contributed by atoms with Crippen molar-refractivity contribution in [3.8, 4) is 0 Å². The van der Waals surface area contributed by atoms with Gasteiger partial charge in [-0.15, -0.1) is 0 Å². The van der Waals surface area contributed by atoms with E-state index in [0.29, 0.717) is 5.82 Å². The second kappa shape index (κ2) is 6.32. The third kappa shape index (κ3) is 4.45. The SMILES string of the molecule is CSC[C@H](C)N(C)C(=O)Nc1cc(C(C)(C)C)on1. The van der Waals surface area contributed by atoms with E-state index < -0.39 is 0 Å². The minimum atomic E-state index is -0.171. The van der Waals surface area contributed by atoms with Crippen LogP contribution in [-0.4, -0.2) is 41.2 Å². The summed E-state index contributed by atoms with van der Waals surface area (Å²) in [5.74, 6) is 2.11. The van der Waals surface area contributed by atoms with Crippen LogP contribution in [0.5, 0.6) is 0 Å². The van der Waals surface area contributed by atoms with Crippen LogP contribution in [0.1, 0.15) is 33.5 Å². The number of aromatic nitrogens is 1. The molecule has 0 aliphatic heterocycles. The van der Waals surface area contributed by atoms with E-state index >= 15 is 0 Å². The number of urea groups is 1. The van der Waals surface area contributed by atoms with Gasteiger partial charge in [-0.1, -0.05) is 25.9 Å². The van der Waals surface area contributed by atoms with Gasteiger partial charge in [-0.25, -0.2) is 4.79 Å². The van der Waals surface area contributed by atoms with Gasteiger partial charge in [0.25, 0.3) is 0 Å². The highest BCUT2D eigenvalue weighted by molar-refractivity contribution is 7.98. The van der Waals surface area contributed by atoms with Crippen LogP contribution in [0.3, 0.4) is 0 Å². The summed E-state index contributed by atoms with van der Waals surface area (Å²) in [5.41, 5.74) is -0.117. The van der Waals surface area contributed by atoms with Gasteiger partial charge in [0.15, 0.2) is 5.82 Å². The number of carbonyl (C=O) groups is 1. The second-order valence-electron chi connectivity index (χ2n) is 5.67. The Morgan fingerprint density at radius 3 is 2.68 bits per heavy atom. The molecule has 0 fully saturated rings.